The van der Waals surface area contributed by atoms with Crippen LogP contribution in [0.1, 0.15) is 52.4 Å². The summed E-state index contributed by atoms with van der Waals surface area (Å²) in [6.07, 6.45) is 3.20. The van der Waals surface area contributed by atoms with Crippen molar-refractivity contribution in [3.8, 4) is 28.8 Å². The Morgan fingerprint density at radius 1 is 1.04 bits per heavy atom. The summed E-state index contributed by atoms with van der Waals surface area (Å²) in [4.78, 5) is 24.2. The van der Waals surface area contributed by atoms with Gasteiger partial charge in [0, 0.05) is 25.7 Å². The summed E-state index contributed by atoms with van der Waals surface area (Å²) < 4.78 is 11.6. The average molecular weight is 606 g/mol. The number of esters is 1. The number of nitrogens with one attached hydrogen (secondary N) is 1. The highest BCUT2D eigenvalue weighted by molar-refractivity contribution is 6.58. The Labute approximate surface area is 263 Å². The molecule has 0 spiro atoms. The Kier molecular flexibility index (Phi) is 10.1. The predicted octanol–water partition coefficient (Wildman–Crippen LogP) is 4.36. The van der Waals surface area contributed by atoms with E-state index in [2.05, 4.69) is 26.3 Å². The summed E-state index contributed by atoms with van der Waals surface area (Å²) in [6.45, 7) is 8.36. The molecule has 1 aliphatic rings. The van der Waals surface area contributed by atoms with Crippen LogP contribution in [0, 0.1) is 25.2 Å². The molecule has 10 nitrogen and oxygen atoms in total. The van der Waals surface area contributed by atoms with E-state index in [1.807, 2.05) is 50.2 Å². The molecule has 0 amide bonds. The molecule has 230 valence electrons. The maximum absolute atomic E-state index is 12.8. The van der Waals surface area contributed by atoms with Gasteiger partial charge in [-0.15, -0.1) is 0 Å². The quantitative estimate of drug-likeness (QED) is 0.176. The first kappa shape index (κ1) is 31.7. The molecule has 4 aromatic rings. The number of aromatic nitrogens is 2. The Bertz CT molecular complexity index is 1660. The molecular weight excluding hydrogens is 569 g/mol. The van der Waals surface area contributed by atoms with Gasteiger partial charge < -0.3 is 24.8 Å². The van der Waals surface area contributed by atoms with Crippen LogP contribution in [0.15, 0.2) is 66.9 Å². The number of carbonyl (C=O) groups is 1. The van der Waals surface area contributed by atoms with Crippen molar-refractivity contribution >= 4 is 24.5 Å². The maximum atomic E-state index is 12.8. The third kappa shape index (κ3) is 7.86. The van der Waals surface area contributed by atoms with E-state index in [4.69, 9.17) is 14.7 Å². The van der Waals surface area contributed by atoms with Gasteiger partial charge in [-0.05, 0) is 91.2 Å². The normalized spacial score (nSPS) is 13.6. The van der Waals surface area contributed by atoms with E-state index in [0.29, 0.717) is 22.7 Å². The topological polar surface area (TPSA) is 141 Å². The molecule has 0 unspecified atom stereocenters. The lowest BCUT2D eigenvalue weighted by molar-refractivity contribution is 0.0522. The first-order valence-corrected chi connectivity index (χ1v) is 15.0. The van der Waals surface area contributed by atoms with Crippen LogP contribution in [0.5, 0.6) is 11.6 Å². The van der Waals surface area contributed by atoms with Gasteiger partial charge in [0.2, 0.25) is 11.8 Å². The van der Waals surface area contributed by atoms with Gasteiger partial charge in [-0.2, -0.15) is 10.2 Å². The lowest BCUT2D eigenvalue weighted by atomic mass is 9.80. The summed E-state index contributed by atoms with van der Waals surface area (Å²) in [7, 11) is -1.46. The molecule has 0 aliphatic carbocycles. The minimum Gasteiger partial charge on any atom is -0.462 e. The minimum absolute atomic E-state index is 0.122. The number of benzene rings is 3. The van der Waals surface area contributed by atoms with Crippen molar-refractivity contribution in [2.75, 3.05) is 25.0 Å². The van der Waals surface area contributed by atoms with Crippen LogP contribution in [0.4, 0.5) is 5.95 Å². The summed E-state index contributed by atoms with van der Waals surface area (Å²) in [5, 5.41) is 31.2. The Hall–Kier alpha value is -4.76. The van der Waals surface area contributed by atoms with Crippen LogP contribution >= 0.6 is 0 Å². The van der Waals surface area contributed by atoms with Crippen LogP contribution in [-0.4, -0.2) is 63.7 Å². The first-order valence-electron chi connectivity index (χ1n) is 15.0. The van der Waals surface area contributed by atoms with E-state index in [-0.39, 0.29) is 24.1 Å². The van der Waals surface area contributed by atoms with Crippen molar-refractivity contribution < 1.29 is 24.3 Å². The summed E-state index contributed by atoms with van der Waals surface area (Å²) in [6, 6.07) is 21.0. The summed E-state index contributed by atoms with van der Waals surface area (Å²) in [5.41, 5.74) is 6.04. The zero-order chi connectivity index (χ0) is 31.9. The zero-order valence-electron chi connectivity index (χ0n) is 25.7. The molecule has 3 aromatic carbocycles. The van der Waals surface area contributed by atoms with E-state index in [1.54, 1.807) is 31.2 Å². The number of carbonyl (C=O) groups excluding carboxylic acids is 1. The van der Waals surface area contributed by atoms with E-state index >= 15 is 0 Å². The molecule has 45 heavy (non-hydrogen) atoms. The molecule has 1 saturated heterocycles. The van der Waals surface area contributed by atoms with Gasteiger partial charge in [0.15, 0.2) is 0 Å². The highest BCUT2D eigenvalue weighted by Crippen LogP contribution is 2.34. The fourth-order valence-corrected chi connectivity index (χ4v) is 5.45. The molecule has 0 saturated carbocycles. The number of hydrogen-bond acceptors (Lipinski definition) is 10. The van der Waals surface area contributed by atoms with Crippen molar-refractivity contribution in [2.45, 2.75) is 46.2 Å². The second-order valence-electron chi connectivity index (χ2n) is 11.2. The first-order chi connectivity index (χ1) is 21.7. The highest BCUT2D eigenvalue weighted by atomic mass is 16.5. The van der Waals surface area contributed by atoms with Crippen LogP contribution < -0.4 is 15.5 Å². The number of ether oxygens (including phenoxy) is 2. The number of nitriles is 1. The largest absolute Gasteiger partial charge is 0.488 e. The zero-order valence-corrected chi connectivity index (χ0v) is 25.7. The SMILES string of the molecule is CCOC(=O)c1cnc(NC2CCN(Cc3ccc(B(O)O)cc3)CC2)nc1Oc1c(C)cc(-c2ccc(C#N)cc2)cc1C. The van der Waals surface area contributed by atoms with Gasteiger partial charge >= 0.3 is 13.1 Å². The molecule has 1 aliphatic heterocycles. The molecule has 1 fully saturated rings. The van der Waals surface area contributed by atoms with E-state index in [9.17, 15) is 14.8 Å². The van der Waals surface area contributed by atoms with Gasteiger partial charge in [0.25, 0.3) is 0 Å². The number of likely N-dealkylation sites (tertiary alicyclic amines) is 1. The van der Waals surface area contributed by atoms with Crippen molar-refractivity contribution in [3.05, 3.63) is 94.7 Å². The standard InChI is InChI=1S/C34H36BN5O5/c1-4-44-33(41)30-20-37-34(38-29-13-15-40(16-14-29)21-25-7-11-28(12-8-25)35(42)43)39-32(30)45-31-22(2)17-27(18-23(31)3)26-9-5-24(19-36)6-10-26/h5-12,17-18,20,29,42-43H,4,13-16,21H2,1-3H3,(H,37,38,39). The second-order valence-corrected chi connectivity index (χ2v) is 11.2. The Morgan fingerprint density at radius 3 is 2.31 bits per heavy atom. The molecule has 0 atom stereocenters. The van der Waals surface area contributed by atoms with Crippen molar-refractivity contribution in [3.63, 3.8) is 0 Å². The van der Waals surface area contributed by atoms with E-state index in [0.717, 1.165) is 60.3 Å². The predicted molar refractivity (Wildman–Crippen MR) is 172 cm³/mol. The van der Waals surface area contributed by atoms with Gasteiger partial charge in [0.1, 0.15) is 11.3 Å². The number of nitrogens with zero attached hydrogens (tertiary/aromatic N) is 4. The minimum atomic E-state index is -1.46. The lowest BCUT2D eigenvalue weighted by Crippen LogP contribution is -2.39. The third-order valence-corrected chi connectivity index (χ3v) is 7.86. The molecular formula is C34H36BN5O5. The number of piperidine rings is 1. The van der Waals surface area contributed by atoms with Crippen LogP contribution in [0.3, 0.4) is 0 Å². The highest BCUT2D eigenvalue weighted by Gasteiger charge is 2.23. The second kappa shape index (κ2) is 14.4. The van der Waals surface area contributed by atoms with Crippen LogP contribution in [-0.2, 0) is 11.3 Å². The Balaban J connectivity index is 1.29. The van der Waals surface area contributed by atoms with E-state index < -0.39 is 13.1 Å². The molecule has 0 radical (unpaired) electrons. The molecule has 11 heteroatoms. The van der Waals surface area contributed by atoms with Gasteiger partial charge in [-0.1, -0.05) is 36.4 Å². The molecule has 2 heterocycles. The smallest absolute Gasteiger partial charge is 0.462 e. The number of rotatable bonds is 10. The van der Waals surface area contributed by atoms with Gasteiger partial charge in [-0.3, -0.25) is 4.90 Å². The summed E-state index contributed by atoms with van der Waals surface area (Å²) in [5.74, 6) is 0.534. The van der Waals surface area contributed by atoms with Crippen LogP contribution in [0.25, 0.3) is 11.1 Å². The van der Waals surface area contributed by atoms with Crippen molar-refractivity contribution in [2.24, 2.45) is 0 Å². The van der Waals surface area contributed by atoms with Gasteiger partial charge in [-0.25, -0.2) is 9.78 Å². The third-order valence-electron chi connectivity index (χ3n) is 7.86. The van der Waals surface area contributed by atoms with E-state index in [1.165, 1.54) is 6.20 Å². The van der Waals surface area contributed by atoms with Crippen molar-refractivity contribution in [1.29, 1.82) is 5.26 Å². The fraction of sp³-hybridized carbons (Fsp3) is 0.294. The number of aryl methyl sites for hydroxylation is 2. The maximum Gasteiger partial charge on any atom is 0.488 e. The Morgan fingerprint density at radius 2 is 1.71 bits per heavy atom. The average Bonchev–Trinajstić information content (AvgIpc) is 3.04. The lowest BCUT2D eigenvalue weighted by Gasteiger charge is -2.32. The number of hydrogen-bond donors (Lipinski definition) is 3. The van der Waals surface area contributed by atoms with Gasteiger partial charge in [0.05, 0.1) is 24.4 Å². The molecule has 3 N–H and O–H groups in total. The van der Waals surface area contributed by atoms with Crippen molar-refractivity contribution in [1.82, 2.24) is 14.9 Å². The molecule has 1 aromatic heterocycles. The number of anilines is 1. The van der Waals surface area contributed by atoms with Crippen LogP contribution in [0.2, 0.25) is 0 Å². The monoisotopic (exact) mass is 605 g/mol. The molecule has 5 rings (SSSR count). The molecule has 0 bridgehead atoms. The fourth-order valence-electron chi connectivity index (χ4n) is 5.45. The summed E-state index contributed by atoms with van der Waals surface area (Å²) >= 11 is 0.